The second kappa shape index (κ2) is 6.86. The largest absolute Gasteiger partial charge is 0.279 e. The summed E-state index contributed by atoms with van der Waals surface area (Å²) in [6.45, 7) is 10.4. The number of benzene rings is 2. The first-order valence-corrected chi connectivity index (χ1v) is 8.71. The van der Waals surface area contributed by atoms with Gasteiger partial charge in [-0.2, -0.15) is 0 Å². The van der Waals surface area contributed by atoms with Gasteiger partial charge in [0.15, 0.2) is 0 Å². The Hall–Kier alpha value is -1.64. The molecule has 0 bridgehead atoms. The van der Waals surface area contributed by atoms with Crippen LogP contribution in [0, 0.1) is 0 Å². The van der Waals surface area contributed by atoms with E-state index in [0.717, 1.165) is 6.67 Å². The van der Waals surface area contributed by atoms with Crippen LogP contribution < -0.4 is 0 Å². The Balaban J connectivity index is 1.78. The molecule has 2 aromatic rings. The predicted octanol–water partition coefficient (Wildman–Crippen LogP) is 4.86. The topological polar surface area (TPSA) is 6.48 Å². The van der Waals surface area contributed by atoms with Crippen LogP contribution in [0.5, 0.6) is 0 Å². The minimum absolute atomic E-state index is 0.446. The van der Waals surface area contributed by atoms with Gasteiger partial charge in [0.1, 0.15) is 0 Å². The van der Waals surface area contributed by atoms with Crippen molar-refractivity contribution in [3.8, 4) is 0 Å². The van der Waals surface area contributed by atoms with Crippen LogP contribution in [0.1, 0.15) is 50.9 Å². The molecular weight excluding hydrogens is 280 g/mol. The summed E-state index contributed by atoms with van der Waals surface area (Å²) < 4.78 is 0. The lowest BCUT2D eigenvalue weighted by Gasteiger charge is -2.29. The predicted molar refractivity (Wildman–Crippen MR) is 97.2 cm³/mol. The van der Waals surface area contributed by atoms with Gasteiger partial charge < -0.3 is 0 Å². The third-order valence-electron chi connectivity index (χ3n) is 5.63. The summed E-state index contributed by atoms with van der Waals surface area (Å²) >= 11 is 0. The highest BCUT2D eigenvalue weighted by Crippen LogP contribution is 2.35. The van der Waals surface area contributed by atoms with Gasteiger partial charge in [-0.25, -0.2) is 0 Å². The molecule has 0 amide bonds. The fourth-order valence-corrected chi connectivity index (χ4v) is 3.80. The summed E-state index contributed by atoms with van der Waals surface area (Å²) in [7, 11) is 0. The second-order valence-electron chi connectivity index (χ2n) is 6.82. The van der Waals surface area contributed by atoms with E-state index in [-0.39, 0.29) is 0 Å². The van der Waals surface area contributed by atoms with E-state index in [9.17, 15) is 0 Å². The van der Waals surface area contributed by atoms with Crippen LogP contribution in [-0.2, 0) is 0 Å². The molecule has 0 N–H and O–H groups in total. The van der Waals surface area contributed by atoms with Crippen molar-refractivity contribution >= 4 is 0 Å². The maximum Gasteiger partial charge on any atom is 0.0524 e. The van der Waals surface area contributed by atoms with E-state index in [1.54, 1.807) is 0 Å². The lowest BCUT2D eigenvalue weighted by atomic mass is 10.0. The van der Waals surface area contributed by atoms with Gasteiger partial charge in [0.2, 0.25) is 0 Å². The van der Waals surface area contributed by atoms with Gasteiger partial charge >= 0.3 is 0 Å². The summed E-state index contributed by atoms with van der Waals surface area (Å²) in [6.07, 6.45) is 0. The zero-order valence-electron chi connectivity index (χ0n) is 14.7. The maximum atomic E-state index is 2.62. The summed E-state index contributed by atoms with van der Waals surface area (Å²) in [5.41, 5.74) is 2.81. The Morgan fingerprint density at radius 3 is 1.39 bits per heavy atom. The Kier molecular flexibility index (Phi) is 4.84. The molecule has 0 radical (unpaired) electrons. The number of rotatable bonds is 4. The third kappa shape index (κ3) is 3.19. The molecule has 0 aliphatic carbocycles. The molecule has 0 spiro atoms. The van der Waals surface area contributed by atoms with Crippen molar-refractivity contribution in [2.75, 3.05) is 6.67 Å². The van der Waals surface area contributed by atoms with E-state index in [4.69, 9.17) is 0 Å². The van der Waals surface area contributed by atoms with Crippen LogP contribution in [-0.4, -0.2) is 28.6 Å². The van der Waals surface area contributed by atoms with E-state index in [0.29, 0.717) is 24.2 Å². The van der Waals surface area contributed by atoms with Gasteiger partial charge in [-0.1, -0.05) is 60.7 Å². The number of nitrogens with zero attached hydrogens (tertiary/aromatic N) is 2. The minimum Gasteiger partial charge on any atom is -0.279 e. The van der Waals surface area contributed by atoms with E-state index < -0.39 is 0 Å². The van der Waals surface area contributed by atoms with E-state index >= 15 is 0 Å². The molecule has 2 aromatic carbocycles. The van der Waals surface area contributed by atoms with Crippen molar-refractivity contribution in [3.05, 3.63) is 71.8 Å². The van der Waals surface area contributed by atoms with Gasteiger partial charge in [-0.05, 0) is 38.8 Å². The zero-order valence-corrected chi connectivity index (χ0v) is 14.7. The SMILES string of the molecule is C[C@@H]1[C@H](C)N([C@@H](C)c2ccccc2)CN1[C@@H](C)c1ccccc1. The Morgan fingerprint density at radius 1 is 0.696 bits per heavy atom. The van der Waals surface area contributed by atoms with E-state index in [1.165, 1.54) is 11.1 Å². The quantitative estimate of drug-likeness (QED) is 0.796. The molecule has 2 nitrogen and oxygen atoms in total. The monoisotopic (exact) mass is 308 g/mol. The summed E-state index contributed by atoms with van der Waals surface area (Å²) in [6, 6.07) is 23.7. The third-order valence-corrected chi connectivity index (χ3v) is 5.63. The normalized spacial score (nSPS) is 25.4. The van der Waals surface area contributed by atoms with Crippen LogP contribution in [0.3, 0.4) is 0 Å². The van der Waals surface area contributed by atoms with Crippen molar-refractivity contribution < 1.29 is 0 Å². The summed E-state index contributed by atoms with van der Waals surface area (Å²) in [5.74, 6) is 0. The number of hydrogen-bond acceptors (Lipinski definition) is 2. The van der Waals surface area contributed by atoms with Crippen LogP contribution in [0.4, 0.5) is 0 Å². The summed E-state index contributed by atoms with van der Waals surface area (Å²) in [5, 5.41) is 0. The van der Waals surface area contributed by atoms with Crippen molar-refractivity contribution in [1.29, 1.82) is 0 Å². The first-order chi connectivity index (χ1) is 11.1. The standard InChI is InChI=1S/C21H28N2/c1-16-17(2)23(19(4)21-13-9-6-10-14-21)15-22(16)18(3)20-11-7-5-8-12-20/h5-14,16-19H,15H2,1-4H3/t16-,17+,18-,19-/m0/s1. The van der Waals surface area contributed by atoms with Crippen LogP contribution in [0.2, 0.25) is 0 Å². The van der Waals surface area contributed by atoms with Gasteiger partial charge in [0, 0.05) is 24.2 Å². The zero-order chi connectivity index (χ0) is 16.4. The average Bonchev–Trinajstić information content (AvgIpc) is 2.91. The van der Waals surface area contributed by atoms with Crippen LogP contribution in [0.25, 0.3) is 0 Å². The fraction of sp³-hybridized carbons (Fsp3) is 0.429. The molecule has 0 aromatic heterocycles. The number of hydrogen-bond donors (Lipinski definition) is 0. The Bertz CT molecular complexity index is 555. The van der Waals surface area contributed by atoms with Crippen molar-refractivity contribution in [3.63, 3.8) is 0 Å². The molecule has 3 rings (SSSR count). The molecule has 1 heterocycles. The lowest BCUT2D eigenvalue weighted by Crippen LogP contribution is -2.34. The van der Waals surface area contributed by atoms with Gasteiger partial charge in [-0.3, -0.25) is 9.80 Å². The average molecular weight is 308 g/mol. The first kappa shape index (κ1) is 16.2. The molecule has 4 atom stereocenters. The minimum atomic E-state index is 0.446. The molecule has 0 saturated carbocycles. The van der Waals surface area contributed by atoms with Crippen molar-refractivity contribution in [2.45, 2.75) is 51.9 Å². The van der Waals surface area contributed by atoms with Gasteiger partial charge in [-0.15, -0.1) is 0 Å². The van der Waals surface area contributed by atoms with Gasteiger partial charge in [0.25, 0.3) is 0 Å². The maximum absolute atomic E-state index is 2.62. The molecule has 23 heavy (non-hydrogen) atoms. The van der Waals surface area contributed by atoms with Crippen molar-refractivity contribution in [1.82, 2.24) is 9.80 Å². The molecule has 0 unspecified atom stereocenters. The molecule has 2 heteroatoms. The molecule has 1 aliphatic heterocycles. The van der Waals surface area contributed by atoms with Crippen LogP contribution in [0.15, 0.2) is 60.7 Å². The van der Waals surface area contributed by atoms with E-state index in [2.05, 4.69) is 98.2 Å². The van der Waals surface area contributed by atoms with Crippen molar-refractivity contribution in [2.24, 2.45) is 0 Å². The van der Waals surface area contributed by atoms with Gasteiger partial charge in [0.05, 0.1) is 6.67 Å². The molecule has 1 fully saturated rings. The Morgan fingerprint density at radius 2 is 1.04 bits per heavy atom. The molecule has 1 saturated heterocycles. The lowest BCUT2D eigenvalue weighted by molar-refractivity contribution is 0.152. The fourth-order valence-electron chi connectivity index (χ4n) is 3.80. The highest BCUT2D eigenvalue weighted by atomic mass is 15.4. The second-order valence-corrected chi connectivity index (χ2v) is 6.82. The molecule has 122 valence electrons. The Labute approximate surface area is 140 Å². The highest BCUT2D eigenvalue weighted by molar-refractivity contribution is 5.21. The van der Waals surface area contributed by atoms with Crippen LogP contribution >= 0.6 is 0 Å². The first-order valence-electron chi connectivity index (χ1n) is 8.71. The van der Waals surface area contributed by atoms with E-state index in [1.807, 2.05) is 0 Å². The molecule has 1 aliphatic rings. The smallest absolute Gasteiger partial charge is 0.0524 e. The molecular formula is C21H28N2. The highest BCUT2D eigenvalue weighted by Gasteiger charge is 2.39. The summed E-state index contributed by atoms with van der Waals surface area (Å²) in [4.78, 5) is 5.25.